The van der Waals surface area contributed by atoms with Crippen molar-refractivity contribution in [1.82, 2.24) is 0 Å². The molecular formula is C23H13Cl5F2N2O2. The van der Waals surface area contributed by atoms with E-state index in [2.05, 4.69) is 10.6 Å². The smallest absolute Gasteiger partial charge is 0.257 e. The van der Waals surface area contributed by atoms with Crippen LogP contribution >= 0.6 is 58.0 Å². The van der Waals surface area contributed by atoms with Crippen LogP contribution in [0.15, 0.2) is 54.6 Å². The van der Waals surface area contributed by atoms with E-state index in [1.54, 1.807) is 18.2 Å². The van der Waals surface area contributed by atoms with Gasteiger partial charge in [0.2, 0.25) is 5.91 Å². The second-order valence-corrected chi connectivity index (χ2v) is 10.3. The summed E-state index contributed by atoms with van der Waals surface area (Å²) in [5.41, 5.74) is 0.0744. The zero-order chi connectivity index (χ0) is 24.8. The fourth-order valence-corrected chi connectivity index (χ4v) is 5.19. The van der Waals surface area contributed by atoms with Crippen LogP contribution in [-0.2, 0) is 4.79 Å². The summed E-state index contributed by atoms with van der Waals surface area (Å²) >= 11 is 30.9. The molecule has 0 aliphatic heterocycles. The number of para-hydroxylation sites is 1. The predicted molar refractivity (Wildman–Crippen MR) is 132 cm³/mol. The first-order valence-corrected chi connectivity index (χ1v) is 11.6. The van der Waals surface area contributed by atoms with Crippen molar-refractivity contribution in [3.8, 4) is 0 Å². The minimum atomic E-state index is -1.40. The molecule has 4 nitrogen and oxygen atoms in total. The van der Waals surface area contributed by atoms with E-state index in [9.17, 15) is 18.4 Å². The number of halogens is 7. The molecule has 1 fully saturated rings. The van der Waals surface area contributed by atoms with Gasteiger partial charge >= 0.3 is 0 Å². The van der Waals surface area contributed by atoms with Gasteiger partial charge < -0.3 is 10.6 Å². The SMILES string of the molecule is O=C(Nc1c(F)cccc1F)c1cc(NC(=O)[C@H]2[C@H](c3cc(Cl)cc(Cl)c3)C2(Cl)Cl)ccc1Cl. The van der Waals surface area contributed by atoms with Crippen LogP contribution < -0.4 is 10.6 Å². The van der Waals surface area contributed by atoms with E-state index in [1.165, 1.54) is 24.3 Å². The van der Waals surface area contributed by atoms with Gasteiger partial charge in [0.15, 0.2) is 0 Å². The van der Waals surface area contributed by atoms with E-state index in [0.717, 1.165) is 12.1 Å². The van der Waals surface area contributed by atoms with Crippen LogP contribution in [0.5, 0.6) is 0 Å². The molecule has 176 valence electrons. The van der Waals surface area contributed by atoms with E-state index in [1.807, 2.05) is 0 Å². The molecule has 1 aliphatic rings. The molecule has 3 aromatic carbocycles. The van der Waals surface area contributed by atoms with E-state index < -0.39 is 45.3 Å². The Morgan fingerprint density at radius 3 is 2.09 bits per heavy atom. The lowest BCUT2D eigenvalue weighted by atomic mass is 10.1. The highest BCUT2D eigenvalue weighted by atomic mass is 35.5. The molecule has 2 atom stereocenters. The van der Waals surface area contributed by atoms with E-state index >= 15 is 0 Å². The molecule has 0 spiro atoms. The highest BCUT2D eigenvalue weighted by Crippen LogP contribution is 2.65. The van der Waals surface area contributed by atoms with Crippen LogP contribution in [0.2, 0.25) is 15.1 Å². The molecule has 3 aromatic rings. The maximum Gasteiger partial charge on any atom is 0.257 e. The number of amides is 2. The summed E-state index contributed by atoms with van der Waals surface area (Å²) in [5, 5.41) is 5.54. The second kappa shape index (κ2) is 9.51. The second-order valence-electron chi connectivity index (χ2n) is 7.57. The number of anilines is 2. The molecule has 0 heterocycles. The van der Waals surface area contributed by atoms with Gasteiger partial charge in [0.1, 0.15) is 21.7 Å². The number of alkyl halides is 2. The topological polar surface area (TPSA) is 58.2 Å². The van der Waals surface area contributed by atoms with Gasteiger partial charge in [-0.2, -0.15) is 0 Å². The zero-order valence-corrected chi connectivity index (χ0v) is 20.6. The Bertz CT molecular complexity index is 1280. The Morgan fingerprint density at radius 2 is 1.47 bits per heavy atom. The van der Waals surface area contributed by atoms with Gasteiger partial charge in [-0.05, 0) is 54.1 Å². The van der Waals surface area contributed by atoms with Crippen molar-refractivity contribution >= 4 is 81.2 Å². The summed E-state index contributed by atoms with van der Waals surface area (Å²) < 4.78 is 26.4. The first-order valence-electron chi connectivity index (χ1n) is 9.68. The standard InChI is InChI=1S/C23H13Cl5F2N2O2/c24-11-6-10(7-12(25)8-11)18-19(23(18,27)28)22(34)31-13-4-5-15(26)14(9-13)21(33)32-20-16(29)2-1-3-17(20)30/h1-9,18-19H,(H,31,34)(H,32,33)/t18-,19+/m0/s1. The largest absolute Gasteiger partial charge is 0.326 e. The van der Waals surface area contributed by atoms with Gasteiger partial charge in [-0.3, -0.25) is 9.59 Å². The number of carbonyl (C=O) groups excluding carboxylic acids is 2. The quantitative estimate of drug-likeness (QED) is 0.312. The number of carbonyl (C=O) groups is 2. The molecule has 34 heavy (non-hydrogen) atoms. The third-order valence-electron chi connectivity index (χ3n) is 5.26. The molecule has 0 radical (unpaired) electrons. The van der Waals surface area contributed by atoms with Crippen LogP contribution in [-0.4, -0.2) is 16.1 Å². The minimum Gasteiger partial charge on any atom is -0.326 e. The molecule has 1 saturated carbocycles. The lowest BCUT2D eigenvalue weighted by Gasteiger charge is -2.11. The van der Waals surface area contributed by atoms with Gasteiger partial charge in [0.05, 0.1) is 16.5 Å². The van der Waals surface area contributed by atoms with Crippen molar-refractivity contribution < 1.29 is 18.4 Å². The number of hydrogen-bond donors (Lipinski definition) is 2. The van der Waals surface area contributed by atoms with Crippen molar-refractivity contribution in [2.24, 2.45) is 5.92 Å². The highest BCUT2D eigenvalue weighted by Gasteiger charge is 2.67. The van der Waals surface area contributed by atoms with E-state index in [4.69, 9.17) is 58.0 Å². The lowest BCUT2D eigenvalue weighted by Crippen LogP contribution is -2.18. The van der Waals surface area contributed by atoms with Crippen molar-refractivity contribution in [3.63, 3.8) is 0 Å². The molecule has 2 N–H and O–H groups in total. The number of hydrogen-bond acceptors (Lipinski definition) is 2. The summed E-state index contributed by atoms with van der Waals surface area (Å²) in [6.45, 7) is 0. The van der Waals surface area contributed by atoms with Gasteiger partial charge in [0, 0.05) is 21.7 Å². The zero-order valence-electron chi connectivity index (χ0n) is 16.8. The average Bonchev–Trinajstić information content (AvgIpc) is 3.33. The summed E-state index contributed by atoms with van der Waals surface area (Å²) in [7, 11) is 0. The molecular weight excluding hydrogens is 552 g/mol. The summed E-state index contributed by atoms with van der Waals surface area (Å²) in [5.74, 6) is -4.67. The number of benzene rings is 3. The molecule has 1 aliphatic carbocycles. The third kappa shape index (κ3) is 4.97. The lowest BCUT2D eigenvalue weighted by molar-refractivity contribution is -0.117. The number of rotatable bonds is 5. The molecule has 11 heteroatoms. The van der Waals surface area contributed by atoms with Crippen LogP contribution in [0.1, 0.15) is 21.8 Å². The van der Waals surface area contributed by atoms with Crippen molar-refractivity contribution in [1.29, 1.82) is 0 Å². The minimum absolute atomic E-state index is 0.00847. The summed E-state index contributed by atoms with van der Waals surface area (Å²) in [6.07, 6.45) is 0. The Hall–Kier alpha value is -2.09. The maximum atomic E-state index is 13.9. The summed E-state index contributed by atoms with van der Waals surface area (Å²) in [6, 6.07) is 12.0. The average molecular weight is 565 g/mol. The van der Waals surface area contributed by atoms with Crippen LogP contribution in [0.4, 0.5) is 20.2 Å². The van der Waals surface area contributed by atoms with E-state index in [0.29, 0.717) is 15.6 Å². The fourth-order valence-electron chi connectivity index (χ4n) is 3.62. The highest BCUT2D eigenvalue weighted by molar-refractivity contribution is 6.53. The van der Waals surface area contributed by atoms with Gasteiger partial charge in [-0.1, -0.05) is 40.9 Å². The Kier molecular flexibility index (Phi) is 7.00. The molecule has 4 rings (SSSR count). The van der Waals surface area contributed by atoms with Crippen LogP contribution in [0.25, 0.3) is 0 Å². The van der Waals surface area contributed by atoms with E-state index in [-0.39, 0.29) is 16.3 Å². The molecule has 0 saturated heterocycles. The Morgan fingerprint density at radius 1 is 0.853 bits per heavy atom. The first-order chi connectivity index (χ1) is 16.0. The fraction of sp³-hybridized carbons (Fsp3) is 0.130. The first kappa shape index (κ1) is 25.0. The predicted octanol–water partition coefficient (Wildman–Crippen LogP) is 7.70. The normalized spacial score (nSPS) is 18.3. The van der Waals surface area contributed by atoms with Gasteiger partial charge in [-0.15, -0.1) is 23.2 Å². The van der Waals surface area contributed by atoms with Gasteiger partial charge in [-0.25, -0.2) is 8.78 Å². The third-order valence-corrected chi connectivity index (χ3v) is 6.97. The molecule has 0 unspecified atom stereocenters. The molecule has 0 bridgehead atoms. The van der Waals surface area contributed by atoms with Crippen molar-refractivity contribution in [3.05, 3.63) is 92.4 Å². The van der Waals surface area contributed by atoms with Crippen molar-refractivity contribution in [2.75, 3.05) is 10.6 Å². The molecule has 0 aromatic heterocycles. The van der Waals surface area contributed by atoms with Crippen LogP contribution in [0.3, 0.4) is 0 Å². The Balaban J connectivity index is 1.53. The maximum absolute atomic E-state index is 13.9. The van der Waals surface area contributed by atoms with Crippen molar-refractivity contribution in [2.45, 2.75) is 10.3 Å². The van der Waals surface area contributed by atoms with Crippen LogP contribution in [0, 0.1) is 17.6 Å². The number of nitrogens with one attached hydrogen (secondary N) is 2. The van der Waals surface area contributed by atoms with Gasteiger partial charge in [0.25, 0.3) is 5.91 Å². The Labute approximate surface area is 218 Å². The monoisotopic (exact) mass is 562 g/mol. The molecule has 2 amide bonds. The summed E-state index contributed by atoms with van der Waals surface area (Å²) in [4.78, 5) is 25.5.